The van der Waals surface area contributed by atoms with Gasteiger partial charge in [0.05, 0.1) is 0 Å². The van der Waals surface area contributed by atoms with Crippen molar-refractivity contribution in [1.29, 1.82) is 0 Å². The van der Waals surface area contributed by atoms with Crippen LogP contribution in [0.15, 0.2) is 24.3 Å². The molecule has 0 saturated heterocycles. The molecule has 0 spiro atoms. The summed E-state index contributed by atoms with van der Waals surface area (Å²) in [6, 6.07) is 6.12. The number of hydrogen-bond acceptors (Lipinski definition) is 2. The summed E-state index contributed by atoms with van der Waals surface area (Å²) < 4.78 is 30.5. The van der Waals surface area contributed by atoms with E-state index < -0.39 is 18.1 Å². The van der Waals surface area contributed by atoms with Gasteiger partial charge in [-0.05, 0) is 26.8 Å². The van der Waals surface area contributed by atoms with E-state index in [9.17, 15) is 13.6 Å². The van der Waals surface area contributed by atoms with Gasteiger partial charge in [0.25, 0.3) is 6.43 Å². The lowest BCUT2D eigenvalue weighted by molar-refractivity contribution is 0.0529. The highest BCUT2D eigenvalue weighted by atomic mass is 19.3. The number of hydrogen-bond donors (Lipinski definition) is 1. The van der Waals surface area contributed by atoms with Gasteiger partial charge >= 0.3 is 6.09 Å². The number of rotatable bonds is 3. The van der Waals surface area contributed by atoms with Crippen LogP contribution in [-0.4, -0.2) is 18.2 Å². The fourth-order valence-electron chi connectivity index (χ4n) is 1.50. The second kappa shape index (κ2) is 7.63. The molecule has 5 heteroatoms. The molecule has 0 unspecified atom stereocenters. The summed E-state index contributed by atoms with van der Waals surface area (Å²) in [5.41, 5.74) is -0.318. The molecule has 0 bridgehead atoms. The molecule has 0 aliphatic carbocycles. The van der Waals surface area contributed by atoms with E-state index >= 15 is 0 Å². The number of benzene rings is 1. The van der Waals surface area contributed by atoms with Gasteiger partial charge in [0.1, 0.15) is 5.60 Å². The number of ether oxygens (including phenoxy) is 1. The van der Waals surface area contributed by atoms with Gasteiger partial charge in [0.15, 0.2) is 0 Å². The fraction of sp³-hybridized carbons (Fsp3) is 0.438. The first-order valence-corrected chi connectivity index (χ1v) is 6.62. The van der Waals surface area contributed by atoms with E-state index in [4.69, 9.17) is 4.74 Å². The summed E-state index contributed by atoms with van der Waals surface area (Å²) in [6.07, 6.45) is -2.70. The normalized spacial score (nSPS) is 10.8. The summed E-state index contributed by atoms with van der Waals surface area (Å²) in [5.74, 6) is 5.46. The average molecular weight is 295 g/mol. The predicted octanol–water partition coefficient (Wildman–Crippen LogP) is 3.89. The van der Waals surface area contributed by atoms with E-state index in [-0.39, 0.29) is 5.56 Å². The first-order chi connectivity index (χ1) is 9.79. The largest absolute Gasteiger partial charge is 0.444 e. The smallest absolute Gasteiger partial charge is 0.407 e. The van der Waals surface area contributed by atoms with Crippen LogP contribution in [0.25, 0.3) is 0 Å². The van der Waals surface area contributed by atoms with Crippen molar-refractivity contribution in [3.8, 4) is 11.8 Å². The van der Waals surface area contributed by atoms with Crippen LogP contribution in [0, 0.1) is 11.8 Å². The van der Waals surface area contributed by atoms with Crippen molar-refractivity contribution < 1.29 is 18.3 Å². The van der Waals surface area contributed by atoms with Gasteiger partial charge < -0.3 is 10.1 Å². The third-order valence-corrected chi connectivity index (χ3v) is 2.34. The van der Waals surface area contributed by atoms with Crippen LogP contribution in [-0.2, 0) is 4.74 Å². The van der Waals surface area contributed by atoms with E-state index in [2.05, 4.69) is 17.2 Å². The molecule has 21 heavy (non-hydrogen) atoms. The fourth-order valence-corrected chi connectivity index (χ4v) is 1.50. The first kappa shape index (κ1) is 17.0. The monoisotopic (exact) mass is 295 g/mol. The Bertz CT molecular complexity index is 539. The molecule has 3 nitrogen and oxygen atoms in total. The molecule has 1 aromatic rings. The topological polar surface area (TPSA) is 38.3 Å². The minimum atomic E-state index is -2.55. The summed E-state index contributed by atoms with van der Waals surface area (Å²) >= 11 is 0. The molecular weight excluding hydrogens is 276 g/mol. The molecule has 0 fully saturated rings. The van der Waals surface area contributed by atoms with Crippen LogP contribution in [0.2, 0.25) is 0 Å². The predicted molar refractivity (Wildman–Crippen MR) is 77.1 cm³/mol. The Balaban J connectivity index is 2.46. The number of carbonyl (C=O) groups is 1. The van der Waals surface area contributed by atoms with Crippen molar-refractivity contribution in [1.82, 2.24) is 5.32 Å². The lowest BCUT2D eigenvalue weighted by Gasteiger charge is -2.19. The molecule has 1 amide bonds. The van der Waals surface area contributed by atoms with Gasteiger partial charge in [0, 0.05) is 24.1 Å². The second-order valence-electron chi connectivity index (χ2n) is 5.37. The minimum absolute atomic E-state index is 0.0786. The second-order valence-corrected chi connectivity index (χ2v) is 5.37. The molecule has 1 N–H and O–H groups in total. The molecule has 0 heterocycles. The highest BCUT2D eigenvalue weighted by Crippen LogP contribution is 2.21. The standard InChI is InChI=1S/C16H19F2NO2/c1-16(2,3)21-15(20)19-11-7-6-9-12-8-4-5-10-13(12)14(17)18/h4-5,8,10,14H,7,11H2,1-3H3,(H,19,20). The van der Waals surface area contributed by atoms with Gasteiger partial charge in [-0.2, -0.15) is 0 Å². The average Bonchev–Trinajstić information content (AvgIpc) is 2.36. The Hall–Kier alpha value is -2.09. The third kappa shape index (κ3) is 6.75. The lowest BCUT2D eigenvalue weighted by Crippen LogP contribution is -2.32. The number of nitrogens with one attached hydrogen (secondary N) is 1. The maximum Gasteiger partial charge on any atom is 0.407 e. The van der Waals surface area contributed by atoms with Crippen LogP contribution in [0.5, 0.6) is 0 Å². The molecule has 114 valence electrons. The first-order valence-electron chi connectivity index (χ1n) is 6.62. The highest BCUT2D eigenvalue weighted by Gasteiger charge is 2.15. The van der Waals surface area contributed by atoms with Crippen LogP contribution < -0.4 is 5.32 Å². The van der Waals surface area contributed by atoms with Crippen LogP contribution in [0.1, 0.15) is 44.7 Å². The van der Waals surface area contributed by atoms with Crippen molar-refractivity contribution in [2.75, 3.05) is 6.54 Å². The van der Waals surface area contributed by atoms with E-state index in [1.807, 2.05) is 0 Å². The van der Waals surface area contributed by atoms with Gasteiger partial charge in [-0.1, -0.05) is 30.0 Å². The van der Waals surface area contributed by atoms with Crippen LogP contribution in [0.3, 0.4) is 0 Å². The molecule has 1 rings (SSSR count). The molecular formula is C16H19F2NO2. The summed E-state index contributed by atoms with van der Waals surface area (Å²) in [4.78, 5) is 11.4. The number of alkyl halides is 2. The summed E-state index contributed by atoms with van der Waals surface area (Å²) in [5, 5.41) is 2.55. The Morgan fingerprint density at radius 3 is 2.62 bits per heavy atom. The van der Waals surface area contributed by atoms with E-state index in [0.29, 0.717) is 18.5 Å². The minimum Gasteiger partial charge on any atom is -0.444 e. The summed E-state index contributed by atoms with van der Waals surface area (Å²) in [6.45, 7) is 5.62. The van der Waals surface area contributed by atoms with Crippen molar-refractivity contribution in [3.05, 3.63) is 35.4 Å². The molecule has 0 aliphatic rings. The highest BCUT2D eigenvalue weighted by molar-refractivity contribution is 5.67. The van der Waals surface area contributed by atoms with Crippen molar-refractivity contribution in [2.24, 2.45) is 0 Å². The number of alkyl carbamates (subject to hydrolysis) is 1. The van der Waals surface area contributed by atoms with Gasteiger partial charge in [-0.3, -0.25) is 0 Å². The Morgan fingerprint density at radius 2 is 2.00 bits per heavy atom. The number of halogens is 2. The van der Waals surface area contributed by atoms with Crippen LogP contribution in [0.4, 0.5) is 13.6 Å². The lowest BCUT2D eigenvalue weighted by atomic mass is 10.1. The molecule has 0 saturated carbocycles. The van der Waals surface area contributed by atoms with Crippen LogP contribution >= 0.6 is 0 Å². The van der Waals surface area contributed by atoms with Gasteiger partial charge in [-0.15, -0.1) is 0 Å². The molecule has 1 aromatic carbocycles. The van der Waals surface area contributed by atoms with Gasteiger partial charge in [0.2, 0.25) is 0 Å². The Morgan fingerprint density at radius 1 is 1.33 bits per heavy atom. The SMILES string of the molecule is CC(C)(C)OC(=O)NCCC#Cc1ccccc1C(F)F. The van der Waals surface area contributed by atoms with Crippen molar-refractivity contribution >= 4 is 6.09 Å². The van der Waals surface area contributed by atoms with E-state index in [1.165, 1.54) is 6.07 Å². The Kier molecular flexibility index (Phi) is 6.16. The van der Waals surface area contributed by atoms with E-state index in [1.54, 1.807) is 39.0 Å². The summed E-state index contributed by atoms with van der Waals surface area (Å²) in [7, 11) is 0. The maximum atomic E-state index is 12.7. The molecule has 0 radical (unpaired) electrons. The van der Waals surface area contributed by atoms with Gasteiger partial charge in [-0.25, -0.2) is 13.6 Å². The molecule has 0 atom stereocenters. The van der Waals surface area contributed by atoms with Crippen molar-refractivity contribution in [2.45, 2.75) is 39.2 Å². The molecule has 0 aliphatic heterocycles. The van der Waals surface area contributed by atoms with Crippen molar-refractivity contribution in [3.63, 3.8) is 0 Å². The number of carbonyl (C=O) groups excluding carboxylic acids is 1. The zero-order chi connectivity index (χ0) is 15.9. The zero-order valence-electron chi connectivity index (χ0n) is 12.4. The maximum absolute atomic E-state index is 12.7. The number of amides is 1. The Labute approximate surface area is 123 Å². The zero-order valence-corrected chi connectivity index (χ0v) is 12.4. The quantitative estimate of drug-likeness (QED) is 0.678. The molecule has 0 aromatic heterocycles. The third-order valence-electron chi connectivity index (χ3n) is 2.34. The van der Waals surface area contributed by atoms with E-state index in [0.717, 1.165) is 0 Å².